The molecule has 0 aliphatic rings. The number of nitrogens with two attached hydrogens (primary N) is 1. The molecule has 0 bridgehead atoms. The molecular formula is C18H18F3N5O2. The Kier molecular flexibility index (Phi) is 5.12. The molecule has 0 saturated carbocycles. The summed E-state index contributed by atoms with van der Waals surface area (Å²) in [6.07, 6.45) is -3.41. The molecule has 7 nitrogen and oxygen atoms in total. The molecule has 0 spiro atoms. The number of alkyl halides is 3. The van der Waals surface area contributed by atoms with Gasteiger partial charge in [0.15, 0.2) is 11.5 Å². The molecule has 3 N–H and O–H groups in total. The minimum atomic E-state index is -4.63. The molecule has 1 atom stereocenters. The van der Waals surface area contributed by atoms with Crippen molar-refractivity contribution in [1.82, 2.24) is 15.2 Å². The van der Waals surface area contributed by atoms with Gasteiger partial charge in [0.1, 0.15) is 6.26 Å². The van der Waals surface area contributed by atoms with Crippen molar-refractivity contribution in [3.05, 3.63) is 53.5 Å². The number of rotatable bonds is 6. The Morgan fingerprint density at radius 2 is 2.00 bits per heavy atom. The summed E-state index contributed by atoms with van der Waals surface area (Å²) < 4.78 is 43.9. The zero-order chi connectivity index (χ0) is 20.5. The van der Waals surface area contributed by atoms with Gasteiger partial charge in [-0.25, -0.2) is 4.90 Å². The fourth-order valence-electron chi connectivity index (χ4n) is 2.56. The Morgan fingerprint density at radius 3 is 2.50 bits per heavy atom. The summed E-state index contributed by atoms with van der Waals surface area (Å²) in [7, 11) is 0. The SMILES string of the molecule is CCc1cc(N(c2ccc(C(C)C(N)=O)cc2)c2nc(C(F)(F)F)co2)n[nH]1. The molecule has 0 fully saturated rings. The predicted molar refractivity (Wildman–Crippen MR) is 95.3 cm³/mol. The number of nitrogens with zero attached hydrogens (tertiary/aromatic N) is 3. The number of benzene rings is 1. The summed E-state index contributed by atoms with van der Waals surface area (Å²) in [6, 6.07) is 8.01. The highest BCUT2D eigenvalue weighted by atomic mass is 19.4. The van der Waals surface area contributed by atoms with Crippen LogP contribution in [0.25, 0.3) is 0 Å². The zero-order valence-corrected chi connectivity index (χ0v) is 15.1. The number of hydrogen-bond donors (Lipinski definition) is 2. The Morgan fingerprint density at radius 1 is 1.32 bits per heavy atom. The number of hydrogen-bond acceptors (Lipinski definition) is 5. The third-order valence-corrected chi connectivity index (χ3v) is 4.28. The number of anilines is 3. The first-order valence-corrected chi connectivity index (χ1v) is 8.47. The molecule has 1 aromatic carbocycles. The number of carbonyl (C=O) groups is 1. The van der Waals surface area contributed by atoms with Crippen LogP contribution in [0.3, 0.4) is 0 Å². The largest absolute Gasteiger partial charge is 0.436 e. The molecular weight excluding hydrogens is 375 g/mol. The summed E-state index contributed by atoms with van der Waals surface area (Å²) >= 11 is 0. The van der Waals surface area contributed by atoms with Crippen molar-refractivity contribution in [1.29, 1.82) is 0 Å². The average Bonchev–Trinajstić information content (AvgIpc) is 3.31. The van der Waals surface area contributed by atoms with Crippen LogP contribution in [0.1, 0.15) is 36.7 Å². The minimum absolute atomic E-state index is 0.280. The molecule has 0 radical (unpaired) electrons. The lowest BCUT2D eigenvalue weighted by atomic mass is 10.0. The third kappa shape index (κ3) is 3.85. The highest BCUT2D eigenvalue weighted by molar-refractivity contribution is 5.81. The van der Waals surface area contributed by atoms with E-state index < -0.39 is 23.7 Å². The molecule has 10 heteroatoms. The van der Waals surface area contributed by atoms with E-state index in [0.29, 0.717) is 29.8 Å². The molecule has 0 aliphatic carbocycles. The van der Waals surface area contributed by atoms with Crippen LogP contribution < -0.4 is 10.6 Å². The summed E-state index contributed by atoms with van der Waals surface area (Å²) in [5, 5.41) is 6.96. The molecule has 1 unspecified atom stereocenters. The summed E-state index contributed by atoms with van der Waals surface area (Å²) in [5.74, 6) is -0.659. The van der Waals surface area contributed by atoms with Gasteiger partial charge in [-0.15, -0.1) is 0 Å². The smallest absolute Gasteiger partial charge is 0.431 e. The monoisotopic (exact) mass is 393 g/mol. The van der Waals surface area contributed by atoms with E-state index in [4.69, 9.17) is 10.2 Å². The topological polar surface area (TPSA) is 101 Å². The third-order valence-electron chi connectivity index (χ3n) is 4.28. The maximum Gasteiger partial charge on any atom is 0.436 e. The zero-order valence-electron chi connectivity index (χ0n) is 15.1. The van der Waals surface area contributed by atoms with Crippen molar-refractivity contribution >= 4 is 23.4 Å². The van der Waals surface area contributed by atoms with E-state index in [1.54, 1.807) is 37.3 Å². The van der Waals surface area contributed by atoms with Crippen LogP contribution in [-0.2, 0) is 17.4 Å². The lowest BCUT2D eigenvalue weighted by molar-refractivity contribution is -0.141. The van der Waals surface area contributed by atoms with E-state index in [1.165, 1.54) is 4.90 Å². The maximum atomic E-state index is 12.9. The van der Waals surface area contributed by atoms with Gasteiger partial charge in [0, 0.05) is 11.8 Å². The van der Waals surface area contributed by atoms with E-state index in [0.717, 1.165) is 5.69 Å². The number of oxazole rings is 1. The number of aromatic nitrogens is 3. The molecule has 1 amide bonds. The van der Waals surface area contributed by atoms with Crippen LogP contribution >= 0.6 is 0 Å². The number of H-pyrrole nitrogens is 1. The maximum absolute atomic E-state index is 12.9. The van der Waals surface area contributed by atoms with E-state index in [9.17, 15) is 18.0 Å². The van der Waals surface area contributed by atoms with E-state index >= 15 is 0 Å². The Labute approximate surface area is 158 Å². The highest BCUT2D eigenvalue weighted by Gasteiger charge is 2.36. The number of halogens is 3. The van der Waals surface area contributed by atoms with Crippen molar-refractivity contribution in [2.45, 2.75) is 32.4 Å². The van der Waals surface area contributed by atoms with E-state index in [2.05, 4.69) is 15.2 Å². The normalized spacial score (nSPS) is 12.8. The molecule has 0 aliphatic heterocycles. The van der Waals surface area contributed by atoms with Gasteiger partial charge in [0.25, 0.3) is 0 Å². The van der Waals surface area contributed by atoms with Gasteiger partial charge in [-0.05, 0) is 31.0 Å². The molecule has 0 saturated heterocycles. The fourth-order valence-corrected chi connectivity index (χ4v) is 2.56. The second-order valence-corrected chi connectivity index (χ2v) is 6.17. The molecule has 2 aromatic heterocycles. The summed E-state index contributed by atoms with van der Waals surface area (Å²) in [4.78, 5) is 16.3. The van der Waals surface area contributed by atoms with Crippen LogP contribution in [0, 0.1) is 0 Å². The molecule has 2 heterocycles. The number of amides is 1. The standard InChI is InChI=1S/C18H18F3N5O2/c1-3-12-8-15(25-24-12)26(17-23-14(9-28-17)18(19,20)21)13-6-4-11(5-7-13)10(2)16(22)27/h4-10H,3H2,1-2H3,(H2,22,27)(H,24,25). The van der Waals surface area contributed by atoms with Crippen LogP contribution in [-0.4, -0.2) is 21.1 Å². The summed E-state index contributed by atoms with van der Waals surface area (Å²) in [5.41, 5.74) is 6.11. The second-order valence-electron chi connectivity index (χ2n) is 6.17. The van der Waals surface area contributed by atoms with Gasteiger partial charge in [-0.1, -0.05) is 19.1 Å². The summed E-state index contributed by atoms with van der Waals surface area (Å²) in [6.45, 7) is 3.58. The first-order valence-electron chi connectivity index (χ1n) is 8.47. The second kappa shape index (κ2) is 7.37. The Balaban J connectivity index is 2.04. The fraction of sp³-hybridized carbons (Fsp3) is 0.278. The van der Waals surface area contributed by atoms with E-state index in [1.807, 2.05) is 6.92 Å². The van der Waals surface area contributed by atoms with Crippen LogP contribution in [0.5, 0.6) is 0 Å². The number of carbonyl (C=O) groups excluding carboxylic acids is 1. The van der Waals surface area contributed by atoms with Gasteiger partial charge < -0.3 is 10.2 Å². The first kappa shape index (κ1) is 19.5. The van der Waals surface area contributed by atoms with Gasteiger partial charge in [-0.2, -0.15) is 23.3 Å². The van der Waals surface area contributed by atoms with Crippen molar-refractivity contribution < 1.29 is 22.4 Å². The van der Waals surface area contributed by atoms with Crippen molar-refractivity contribution in [2.75, 3.05) is 4.90 Å². The highest BCUT2D eigenvalue weighted by Crippen LogP contribution is 2.36. The van der Waals surface area contributed by atoms with Crippen molar-refractivity contribution in [3.8, 4) is 0 Å². The van der Waals surface area contributed by atoms with E-state index in [-0.39, 0.29) is 6.01 Å². The van der Waals surface area contributed by atoms with Gasteiger partial charge in [0.05, 0.1) is 11.6 Å². The average molecular weight is 393 g/mol. The van der Waals surface area contributed by atoms with Crippen molar-refractivity contribution in [2.24, 2.45) is 5.73 Å². The van der Waals surface area contributed by atoms with Gasteiger partial charge in [0.2, 0.25) is 5.91 Å². The molecule has 148 valence electrons. The van der Waals surface area contributed by atoms with Crippen LogP contribution in [0.15, 0.2) is 41.0 Å². The molecule has 3 rings (SSSR count). The first-order chi connectivity index (χ1) is 13.2. The van der Waals surface area contributed by atoms with Crippen LogP contribution in [0.4, 0.5) is 30.7 Å². The van der Waals surface area contributed by atoms with Crippen molar-refractivity contribution in [3.63, 3.8) is 0 Å². The predicted octanol–water partition coefficient (Wildman–Crippen LogP) is 4.04. The van der Waals surface area contributed by atoms with Gasteiger partial charge >= 0.3 is 12.2 Å². The number of aromatic amines is 1. The quantitative estimate of drug-likeness (QED) is 0.658. The lowest BCUT2D eigenvalue weighted by Crippen LogP contribution is -2.18. The molecule has 28 heavy (non-hydrogen) atoms. The Hall–Kier alpha value is -3.30. The number of primary amides is 1. The Bertz CT molecular complexity index is 962. The minimum Gasteiger partial charge on any atom is -0.431 e. The molecule has 3 aromatic rings. The number of nitrogens with one attached hydrogen (secondary N) is 1. The van der Waals surface area contributed by atoms with Crippen LogP contribution in [0.2, 0.25) is 0 Å². The van der Waals surface area contributed by atoms with Gasteiger partial charge in [-0.3, -0.25) is 9.89 Å². The number of aryl methyl sites for hydroxylation is 1. The lowest BCUT2D eigenvalue weighted by Gasteiger charge is -2.19.